The summed E-state index contributed by atoms with van der Waals surface area (Å²) in [6.07, 6.45) is 1.79. The Kier molecular flexibility index (Phi) is 6.99. The lowest BCUT2D eigenvalue weighted by Crippen LogP contribution is -2.39. The quantitative estimate of drug-likeness (QED) is 0.306. The van der Waals surface area contributed by atoms with Crippen molar-refractivity contribution in [3.05, 3.63) is 107 Å². The van der Waals surface area contributed by atoms with Crippen LogP contribution >= 0.6 is 27.3 Å². The Bertz CT molecular complexity index is 1700. The molecule has 1 aliphatic rings. The fourth-order valence-corrected chi connectivity index (χ4v) is 5.52. The van der Waals surface area contributed by atoms with E-state index in [1.54, 1.807) is 33.1 Å². The first-order valence-corrected chi connectivity index (χ1v) is 13.2. The summed E-state index contributed by atoms with van der Waals surface area (Å²) in [5.74, 6) is 1.23. The van der Waals surface area contributed by atoms with Gasteiger partial charge in [-0.05, 0) is 61.9 Å². The second-order valence-corrected chi connectivity index (χ2v) is 10.2. The number of aromatic nitrogens is 1. The molecule has 2 aromatic carbocycles. The van der Waals surface area contributed by atoms with E-state index in [1.165, 1.54) is 15.9 Å². The number of methoxy groups -OCH3 is 1. The number of allylic oxidation sites excluding steroid dienone is 1. The summed E-state index contributed by atoms with van der Waals surface area (Å²) in [5, 5.41) is 0. The summed E-state index contributed by atoms with van der Waals surface area (Å²) in [7, 11) is 1.60. The highest BCUT2D eigenvalue weighted by molar-refractivity contribution is 9.10. The third-order valence-corrected chi connectivity index (χ3v) is 7.45. The molecule has 0 bridgehead atoms. The lowest BCUT2D eigenvalue weighted by Gasteiger charge is -2.22. The van der Waals surface area contributed by atoms with Crippen LogP contribution in [0.15, 0.2) is 90.6 Å². The number of hydrogen-bond acceptors (Lipinski definition) is 7. The van der Waals surface area contributed by atoms with Crippen LogP contribution in [0.4, 0.5) is 0 Å². The van der Waals surface area contributed by atoms with Crippen molar-refractivity contribution in [2.24, 2.45) is 4.99 Å². The smallest absolute Gasteiger partial charge is 0.338 e. The third kappa shape index (κ3) is 4.84. The summed E-state index contributed by atoms with van der Waals surface area (Å²) in [4.78, 5) is 31.9. The molecule has 5 rings (SSSR count). The lowest BCUT2D eigenvalue weighted by molar-refractivity contribution is -0.139. The van der Waals surface area contributed by atoms with Crippen LogP contribution in [0.2, 0.25) is 0 Å². The van der Waals surface area contributed by atoms with Gasteiger partial charge in [-0.1, -0.05) is 51.5 Å². The molecule has 9 heteroatoms. The van der Waals surface area contributed by atoms with Gasteiger partial charge in [-0.25, -0.2) is 9.79 Å². The summed E-state index contributed by atoms with van der Waals surface area (Å²) in [6, 6.07) is 18.0. The van der Waals surface area contributed by atoms with Gasteiger partial charge in [0, 0.05) is 10.0 Å². The zero-order chi connectivity index (χ0) is 26.1. The number of benzene rings is 2. The van der Waals surface area contributed by atoms with Gasteiger partial charge in [0.25, 0.3) is 5.56 Å². The van der Waals surface area contributed by atoms with Crippen molar-refractivity contribution in [1.82, 2.24) is 4.57 Å². The molecule has 37 heavy (non-hydrogen) atoms. The van der Waals surface area contributed by atoms with E-state index >= 15 is 0 Å². The van der Waals surface area contributed by atoms with Crippen molar-refractivity contribution in [2.75, 3.05) is 13.7 Å². The molecule has 2 aromatic heterocycles. The lowest BCUT2D eigenvalue weighted by atomic mass is 10.0. The Balaban J connectivity index is 1.68. The van der Waals surface area contributed by atoms with Crippen molar-refractivity contribution in [2.45, 2.75) is 19.9 Å². The van der Waals surface area contributed by atoms with Gasteiger partial charge in [-0.15, -0.1) is 0 Å². The fraction of sp³-hybridized carbons (Fsp3) is 0.179. The Morgan fingerprint density at radius 3 is 2.70 bits per heavy atom. The van der Waals surface area contributed by atoms with Gasteiger partial charge in [-0.3, -0.25) is 9.36 Å². The standard InChI is InChI=1S/C28H23BrN2O5S/c1-4-35-27(33)24-16(2)30-28-31(26(32)23(37-28)15-17-6-5-7-20(14-17)34-3)25(24)22-13-12-21(36-22)18-8-10-19(29)11-9-18/h5-15,25H,4H2,1-3H3/b23-15-/t25-/m0/s1. The number of furan rings is 1. The number of hydrogen-bond donors (Lipinski definition) is 0. The molecule has 4 aromatic rings. The summed E-state index contributed by atoms with van der Waals surface area (Å²) in [5.41, 5.74) is 2.18. The van der Waals surface area contributed by atoms with Gasteiger partial charge < -0.3 is 13.9 Å². The number of carbonyl (C=O) groups excluding carboxylic acids is 1. The van der Waals surface area contributed by atoms with Crippen LogP contribution < -0.4 is 19.6 Å². The Hall–Kier alpha value is -3.69. The Morgan fingerprint density at radius 1 is 1.19 bits per heavy atom. The van der Waals surface area contributed by atoms with Crippen molar-refractivity contribution >= 4 is 39.3 Å². The highest BCUT2D eigenvalue weighted by Crippen LogP contribution is 2.34. The van der Waals surface area contributed by atoms with E-state index in [0.29, 0.717) is 32.3 Å². The number of fused-ring (bicyclic) bond motifs is 1. The second kappa shape index (κ2) is 10.4. The van der Waals surface area contributed by atoms with Crippen LogP contribution in [-0.4, -0.2) is 24.3 Å². The molecule has 0 unspecified atom stereocenters. The average molecular weight is 579 g/mol. The highest BCUT2D eigenvalue weighted by atomic mass is 79.9. The van der Waals surface area contributed by atoms with Gasteiger partial charge in [-0.2, -0.15) is 0 Å². The van der Waals surface area contributed by atoms with E-state index < -0.39 is 12.0 Å². The van der Waals surface area contributed by atoms with Crippen LogP contribution in [0.3, 0.4) is 0 Å². The fourth-order valence-electron chi connectivity index (χ4n) is 4.21. The van der Waals surface area contributed by atoms with Crippen molar-refractivity contribution in [1.29, 1.82) is 0 Å². The number of esters is 1. The molecule has 1 atom stereocenters. The Morgan fingerprint density at radius 2 is 1.97 bits per heavy atom. The van der Waals surface area contributed by atoms with Crippen LogP contribution in [0.25, 0.3) is 17.4 Å². The van der Waals surface area contributed by atoms with Crippen LogP contribution in [0, 0.1) is 0 Å². The summed E-state index contributed by atoms with van der Waals surface area (Å²) in [6.45, 7) is 3.69. The molecule has 1 aliphatic heterocycles. The molecule has 0 fully saturated rings. The number of ether oxygens (including phenoxy) is 2. The first-order valence-electron chi connectivity index (χ1n) is 11.6. The number of thiazole rings is 1. The predicted molar refractivity (Wildman–Crippen MR) is 145 cm³/mol. The molecule has 0 N–H and O–H groups in total. The van der Waals surface area contributed by atoms with Crippen LogP contribution in [0.1, 0.15) is 31.2 Å². The topological polar surface area (TPSA) is 83.0 Å². The first kappa shape index (κ1) is 25.0. The number of halogens is 1. The maximum atomic E-state index is 13.7. The number of carbonyl (C=O) groups is 1. The van der Waals surface area contributed by atoms with Crippen molar-refractivity contribution < 1.29 is 18.7 Å². The molecule has 7 nitrogen and oxygen atoms in total. The number of rotatable bonds is 6. The Labute approximate surface area is 225 Å². The van der Waals surface area contributed by atoms with Gasteiger partial charge in [0.05, 0.1) is 29.5 Å². The van der Waals surface area contributed by atoms with Crippen LogP contribution in [-0.2, 0) is 9.53 Å². The minimum atomic E-state index is -0.813. The van der Waals surface area contributed by atoms with Gasteiger partial charge in [0.15, 0.2) is 4.80 Å². The van der Waals surface area contributed by atoms with Gasteiger partial charge in [0.1, 0.15) is 23.3 Å². The van der Waals surface area contributed by atoms with E-state index in [9.17, 15) is 9.59 Å². The van der Waals surface area contributed by atoms with Gasteiger partial charge >= 0.3 is 5.97 Å². The molecule has 0 saturated carbocycles. The second-order valence-electron chi connectivity index (χ2n) is 8.29. The molecule has 0 saturated heterocycles. The maximum Gasteiger partial charge on any atom is 0.338 e. The first-order chi connectivity index (χ1) is 17.9. The monoisotopic (exact) mass is 578 g/mol. The van der Waals surface area contributed by atoms with Gasteiger partial charge in [0.2, 0.25) is 0 Å². The van der Waals surface area contributed by atoms with E-state index in [2.05, 4.69) is 20.9 Å². The van der Waals surface area contributed by atoms with Crippen molar-refractivity contribution in [3.8, 4) is 17.1 Å². The molecule has 188 valence electrons. The molecule has 0 spiro atoms. The minimum Gasteiger partial charge on any atom is -0.497 e. The predicted octanol–water partition coefficient (Wildman–Crippen LogP) is 4.83. The molecule has 3 heterocycles. The number of nitrogens with zero attached hydrogens (tertiary/aromatic N) is 2. The normalized spacial score (nSPS) is 15.4. The third-order valence-electron chi connectivity index (χ3n) is 5.93. The molecule has 0 radical (unpaired) electrons. The van der Waals surface area contributed by atoms with E-state index in [1.807, 2.05) is 54.6 Å². The molecular weight excluding hydrogens is 556 g/mol. The average Bonchev–Trinajstić information content (AvgIpc) is 3.49. The summed E-state index contributed by atoms with van der Waals surface area (Å²) >= 11 is 4.70. The largest absolute Gasteiger partial charge is 0.497 e. The van der Waals surface area contributed by atoms with Crippen LogP contribution in [0.5, 0.6) is 5.75 Å². The van der Waals surface area contributed by atoms with E-state index in [4.69, 9.17) is 13.9 Å². The summed E-state index contributed by atoms with van der Waals surface area (Å²) < 4.78 is 19.9. The van der Waals surface area contributed by atoms with Crippen molar-refractivity contribution in [3.63, 3.8) is 0 Å². The zero-order valence-corrected chi connectivity index (χ0v) is 22.8. The molecule has 0 aliphatic carbocycles. The van der Waals surface area contributed by atoms with E-state index in [0.717, 1.165) is 15.6 Å². The van der Waals surface area contributed by atoms with E-state index in [-0.39, 0.29) is 17.7 Å². The minimum absolute atomic E-state index is 0.199. The highest BCUT2D eigenvalue weighted by Gasteiger charge is 2.35. The maximum absolute atomic E-state index is 13.7. The molecular formula is C28H23BrN2O5S. The SMILES string of the molecule is CCOC(=O)C1=C(C)N=c2s/c(=C\c3cccc(OC)c3)c(=O)n2[C@H]1c1ccc(-c2ccc(Br)cc2)o1. The molecule has 0 amide bonds. The zero-order valence-electron chi connectivity index (χ0n) is 20.4.